The minimum Gasteiger partial charge on any atom is -0.491 e. The zero-order valence-electron chi connectivity index (χ0n) is 10.4. The maximum Gasteiger partial charge on any atom is 0.123 e. The van der Waals surface area contributed by atoms with Crippen LogP contribution >= 0.6 is 0 Å². The maximum atomic E-state index is 9.22. The lowest BCUT2D eigenvalue weighted by Gasteiger charge is -2.17. The molecule has 0 aliphatic heterocycles. The van der Waals surface area contributed by atoms with Crippen molar-refractivity contribution in [3.8, 4) is 5.75 Å². The fraction of sp³-hybridized carbons (Fsp3) is 0.538. The highest BCUT2D eigenvalue weighted by Crippen LogP contribution is 2.30. The predicted molar refractivity (Wildman–Crippen MR) is 66.9 cm³/mol. The Bertz CT molecular complexity index is 359. The molecule has 3 N–H and O–H groups in total. The van der Waals surface area contributed by atoms with Gasteiger partial charge in [0.05, 0.1) is 6.10 Å². The van der Waals surface area contributed by atoms with E-state index < -0.39 is 6.10 Å². The number of aliphatic hydroxyl groups is 1. The van der Waals surface area contributed by atoms with Crippen LogP contribution in [0.1, 0.15) is 37.8 Å². The Morgan fingerprint density at radius 2 is 1.94 bits per heavy atom. The van der Waals surface area contributed by atoms with E-state index in [1.807, 2.05) is 19.1 Å². The van der Waals surface area contributed by atoms with Crippen molar-refractivity contribution < 1.29 is 9.84 Å². The van der Waals surface area contributed by atoms with Crippen LogP contribution in [0.4, 0.5) is 5.69 Å². The van der Waals surface area contributed by atoms with Gasteiger partial charge < -0.3 is 15.6 Å². The second-order valence-corrected chi connectivity index (χ2v) is 4.56. The van der Waals surface area contributed by atoms with Crippen LogP contribution in [-0.4, -0.2) is 17.8 Å². The molecule has 0 heterocycles. The topological polar surface area (TPSA) is 55.5 Å². The molecule has 0 saturated carbocycles. The van der Waals surface area contributed by atoms with Crippen LogP contribution < -0.4 is 10.5 Å². The first-order chi connectivity index (χ1) is 7.41. The van der Waals surface area contributed by atoms with Crippen LogP contribution in [0.5, 0.6) is 5.75 Å². The fourth-order valence-corrected chi connectivity index (χ4v) is 1.50. The van der Waals surface area contributed by atoms with Gasteiger partial charge in [0.15, 0.2) is 0 Å². The van der Waals surface area contributed by atoms with Gasteiger partial charge in [0, 0.05) is 5.69 Å². The molecule has 0 bridgehead atoms. The summed E-state index contributed by atoms with van der Waals surface area (Å²) in [6.45, 7) is 8.16. The molecule has 3 nitrogen and oxygen atoms in total. The van der Waals surface area contributed by atoms with Gasteiger partial charge in [-0.05, 0) is 43.0 Å². The van der Waals surface area contributed by atoms with Gasteiger partial charge in [0.25, 0.3) is 0 Å². The lowest BCUT2D eigenvalue weighted by molar-refractivity contribution is 0.122. The first-order valence-electron chi connectivity index (χ1n) is 5.62. The molecule has 0 spiro atoms. The Morgan fingerprint density at radius 3 is 2.44 bits per heavy atom. The minimum atomic E-state index is -0.460. The van der Waals surface area contributed by atoms with Crippen molar-refractivity contribution in [2.75, 3.05) is 12.3 Å². The molecular weight excluding hydrogens is 202 g/mol. The molecule has 3 heteroatoms. The van der Waals surface area contributed by atoms with E-state index in [1.165, 1.54) is 0 Å². The van der Waals surface area contributed by atoms with Crippen LogP contribution in [0.3, 0.4) is 0 Å². The van der Waals surface area contributed by atoms with Gasteiger partial charge in [-0.15, -0.1) is 0 Å². The quantitative estimate of drug-likeness (QED) is 0.771. The smallest absolute Gasteiger partial charge is 0.123 e. The van der Waals surface area contributed by atoms with E-state index in [0.29, 0.717) is 12.5 Å². The highest BCUT2D eigenvalue weighted by atomic mass is 16.5. The third-order valence-corrected chi connectivity index (χ3v) is 2.50. The number of hydrogen-bond acceptors (Lipinski definition) is 3. The molecular formula is C13H21NO2. The van der Waals surface area contributed by atoms with Crippen molar-refractivity contribution in [2.45, 2.75) is 39.7 Å². The average Bonchev–Trinajstić information content (AvgIpc) is 2.18. The van der Waals surface area contributed by atoms with Crippen molar-refractivity contribution in [1.82, 2.24) is 0 Å². The molecule has 1 atom stereocenters. The first-order valence-corrected chi connectivity index (χ1v) is 5.62. The van der Waals surface area contributed by atoms with Crippen molar-refractivity contribution in [3.63, 3.8) is 0 Å². The van der Waals surface area contributed by atoms with E-state index >= 15 is 0 Å². The number of aliphatic hydroxyl groups excluding tert-OH is 1. The second kappa shape index (κ2) is 5.21. The predicted octanol–water partition coefficient (Wildman–Crippen LogP) is 2.46. The number of hydrogen-bond donors (Lipinski definition) is 2. The van der Waals surface area contributed by atoms with Crippen molar-refractivity contribution in [3.05, 3.63) is 23.3 Å². The summed E-state index contributed by atoms with van der Waals surface area (Å²) in [5, 5.41) is 9.22. The lowest BCUT2D eigenvalue weighted by Crippen LogP contribution is -2.14. The number of nitrogens with two attached hydrogens (primary N) is 1. The Hall–Kier alpha value is -1.22. The normalized spacial score (nSPS) is 12.9. The number of aryl methyl sites for hydroxylation is 1. The Labute approximate surface area is 97.2 Å². The third kappa shape index (κ3) is 3.14. The molecule has 0 aliphatic carbocycles. The molecule has 0 aliphatic rings. The van der Waals surface area contributed by atoms with Gasteiger partial charge in [0.1, 0.15) is 12.4 Å². The zero-order valence-corrected chi connectivity index (χ0v) is 10.4. The molecule has 90 valence electrons. The maximum absolute atomic E-state index is 9.22. The van der Waals surface area contributed by atoms with Crippen molar-refractivity contribution in [2.24, 2.45) is 0 Å². The summed E-state index contributed by atoms with van der Waals surface area (Å²) in [6.07, 6.45) is -0.460. The molecule has 0 saturated heterocycles. The summed E-state index contributed by atoms with van der Waals surface area (Å²) in [7, 11) is 0. The number of anilines is 1. The SMILES string of the molecule is Cc1cc(OCC(C)O)c(C(C)C)cc1N. The summed E-state index contributed by atoms with van der Waals surface area (Å²) < 4.78 is 5.59. The fourth-order valence-electron chi connectivity index (χ4n) is 1.50. The van der Waals surface area contributed by atoms with Gasteiger partial charge in [-0.1, -0.05) is 13.8 Å². The van der Waals surface area contributed by atoms with Gasteiger partial charge in [0.2, 0.25) is 0 Å². The molecule has 1 rings (SSSR count). The first kappa shape index (κ1) is 12.8. The van der Waals surface area contributed by atoms with Crippen LogP contribution in [0, 0.1) is 6.92 Å². The van der Waals surface area contributed by atoms with E-state index in [4.69, 9.17) is 10.5 Å². The third-order valence-electron chi connectivity index (χ3n) is 2.50. The summed E-state index contributed by atoms with van der Waals surface area (Å²) in [5.74, 6) is 1.18. The number of rotatable bonds is 4. The Balaban J connectivity index is 3.00. The largest absolute Gasteiger partial charge is 0.491 e. The highest BCUT2D eigenvalue weighted by Gasteiger charge is 2.11. The molecule has 1 aromatic rings. The standard InChI is InChI=1S/C13H21NO2/c1-8(2)11-6-12(14)9(3)5-13(11)16-7-10(4)15/h5-6,8,10,15H,7,14H2,1-4H3. The van der Waals surface area contributed by atoms with Gasteiger partial charge >= 0.3 is 0 Å². The Morgan fingerprint density at radius 1 is 1.31 bits per heavy atom. The monoisotopic (exact) mass is 223 g/mol. The molecule has 16 heavy (non-hydrogen) atoms. The van der Waals surface area contributed by atoms with Gasteiger partial charge in [-0.3, -0.25) is 0 Å². The van der Waals surface area contributed by atoms with Crippen molar-refractivity contribution in [1.29, 1.82) is 0 Å². The summed E-state index contributed by atoms with van der Waals surface area (Å²) in [5.41, 5.74) is 8.76. The van der Waals surface area contributed by atoms with E-state index in [0.717, 1.165) is 22.6 Å². The highest BCUT2D eigenvalue weighted by molar-refractivity contribution is 5.55. The van der Waals surface area contributed by atoms with Crippen LogP contribution in [0.25, 0.3) is 0 Å². The van der Waals surface area contributed by atoms with E-state index in [2.05, 4.69) is 13.8 Å². The molecule has 0 amide bonds. The van der Waals surface area contributed by atoms with E-state index in [1.54, 1.807) is 6.92 Å². The van der Waals surface area contributed by atoms with Gasteiger partial charge in [-0.25, -0.2) is 0 Å². The number of nitrogen functional groups attached to an aromatic ring is 1. The molecule has 0 aromatic heterocycles. The molecule has 1 unspecified atom stereocenters. The van der Waals surface area contributed by atoms with Crippen LogP contribution in [0.2, 0.25) is 0 Å². The van der Waals surface area contributed by atoms with Gasteiger partial charge in [-0.2, -0.15) is 0 Å². The number of ether oxygens (including phenoxy) is 1. The number of benzene rings is 1. The zero-order chi connectivity index (χ0) is 12.3. The van der Waals surface area contributed by atoms with E-state index in [9.17, 15) is 5.11 Å². The average molecular weight is 223 g/mol. The van der Waals surface area contributed by atoms with Crippen molar-refractivity contribution >= 4 is 5.69 Å². The second-order valence-electron chi connectivity index (χ2n) is 4.56. The summed E-state index contributed by atoms with van der Waals surface area (Å²) in [4.78, 5) is 0. The van der Waals surface area contributed by atoms with Crippen LogP contribution in [0.15, 0.2) is 12.1 Å². The van der Waals surface area contributed by atoms with E-state index in [-0.39, 0.29) is 0 Å². The summed E-state index contributed by atoms with van der Waals surface area (Å²) in [6, 6.07) is 3.89. The molecule has 0 fully saturated rings. The Kier molecular flexibility index (Phi) is 4.19. The lowest BCUT2D eigenvalue weighted by atomic mass is 9.99. The molecule has 0 radical (unpaired) electrons. The minimum absolute atomic E-state index is 0.309. The molecule has 1 aromatic carbocycles. The van der Waals surface area contributed by atoms with Crippen LogP contribution in [-0.2, 0) is 0 Å². The summed E-state index contributed by atoms with van der Waals surface area (Å²) >= 11 is 0.